The molecular weight excluding hydrogens is 164 g/mol. The highest BCUT2D eigenvalue weighted by Crippen LogP contribution is 1.97. The molecule has 0 aliphatic carbocycles. The molecule has 0 bridgehead atoms. The molecule has 3 nitrogen and oxygen atoms in total. The number of nitrogens with zero attached hydrogens (tertiary/aromatic N) is 1. The topological polar surface area (TPSA) is 32.3 Å². The molecule has 0 rings (SSSR count). The lowest BCUT2D eigenvalue weighted by molar-refractivity contribution is -0.128. The summed E-state index contributed by atoms with van der Waals surface area (Å²) in [5.74, 6) is 0.0924. The van der Waals surface area contributed by atoms with Crippen molar-refractivity contribution in [2.75, 3.05) is 20.1 Å². The minimum Gasteiger partial charge on any atom is -0.341 e. The third-order valence-corrected chi connectivity index (χ3v) is 1.60. The van der Waals surface area contributed by atoms with Crippen molar-refractivity contribution in [1.82, 2.24) is 10.2 Å². The van der Waals surface area contributed by atoms with E-state index in [4.69, 9.17) is 0 Å². The largest absolute Gasteiger partial charge is 0.341 e. The van der Waals surface area contributed by atoms with Gasteiger partial charge in [0.05, 0.1) is 6.54 Å². The smallest absolute Gasteiger partial charge is 0.236 e. The van der Waals surface area contributed by atoms with Crippen LogP contribution in [-0.2, 0) is 4.79 Å². The zero-order valence-corrected chi connectivity index (χ0v) is 9.05. The summed E-state index contributed by atoms with van der Waals surface area (Å²) in [7, 11) is 1.77. The van der Waals surface area contributed by atoms with Crippen molar-refractivity contribution in [3.8, 4) is 0 Å². The summed E-state index contributed by atoms with van der Waals surface area (Å²) in [6.45, 7) is 10.7. The minimum atomic E-state index is -0.00925. The lowest BCUT2D eigenvalue weighted by atomic mass is 10.1. The van der Waals surface area contributed by atoms with E-state index in [9.17, 15) is 4.79 Å². The first-order chi connectivity index (χ1) is 5.87. The molecule has 1 amide bonds. The summed E-state index contributed by atoms with van der Waals surface area (Å²) in [4.78, 5) is 13.0. The van der Waals surface area contributed by atoms with E-state index in [-0.39, 0.29) is 11.4 Å². The molecule has 0 atom stereocenters. The van der Waals surface area contributed by atoms with Gasteiger partial charge < -0.3 is 10.2 Å². The predicted molar refractivity (Wildman–Crippen MR) is 55.6 cm³/mol. The highest BCUT2D eigenvalue weighted by molar-refractivity contribution is 5.78. The Hall–Kier alpha value is -0.830. The van der Waals surface area contributed by atoms with Gasteiger partial charge in [0.15, 0.2) is 0 Å². The quantitative estimate of drug-likeness (QED) is 0.662. The van der Waals surface area contributed by atoms with Gasteiger partial charge in [-0.1, -0.05) is 6.08 Å². The molecule has 0 radical (unpaired) electrons. The molecule has 0 aromatic carbocycles. The molecule has 0 aromatic rings. The lowest BCUT2D eigenvalue weighted by Gasteiger charge is -2.22. The van der Waals surface area contributed by atoms with Crippen molar-refractivity contribution >= 4 is 5.91 Å². The second kappa shape index (κ2) is 5.02. The Morgan fingerprint density at radius 1 is 1.54 bits per heavy atom. The van der Waals surface area contributed by atoms with Crippen LogP contribution in [0.1, 0.15) is 20.8 Å². The molecule has 3 heteroatoms. The van der Waals surface area contributed by atoms with Crippen LogP contribution in [-0.4, -0.2) is 36.5 Å². The maximum Gasteiger partial charge on any atom is 0.236 e. The van der Waals surface area contributed by atoms with Crippen LogP contribution in [0.2, 0.25) is 0 Å². The standard InChI is InChI=1S/C10H20N2O/c1-6-7-12(5)9(13)8-11-10(2,3)4/h6,11H,1,7-8H2,2-5H3. The number of amides is 1. The molecule has 0 aromatic heterocycles. The first-order valence-corrected chi connectivity index (χ1v) is 4.46. The zero-order chi connectivity index (χ0) is 10.5. The van der Waals surface area contributed by atoms with Crippen molar-refractivity contribution in [1.29, 1.82) is 0 Å². The van der Waals surface area contributed by atoms with Crippen molar-refractivity contribution < 1.29 is 4.79 Å². The summed E-state index contributed by atoms with van der Waals surface area (Å²) < 4.78 is 0. The third-order valence-electron chi connectivity index (χ3n) is 1.60. The van der Waals surface area contributed by atoms with Crippen LogP contribution >= 0.6 is 0 Å². The second-order valence-corrected chi connectivity index (χ2v) is 4.17. The fraction of sp³-hybridized carbons (Fsp3) is 0.700. The fourth-order valence-electron chi connectivity index (χ4n) is 0.771. The minimum absolute atomic E-state index is 0.00925. The molecule has 0 aliphatic rings. The van der Waals surface area contributed by atoms with Gasteiger partial charge in [-0.2, -0.15) is 0 Å². The van der Waals surface area contributed by atoms with Crippen molar-refractivity contribution in [3.63, 3.8) is 0 Å². The monoisotopic (exact) mass is 184 g/mol. The van der Waals surface area contributed by atoms with Crippen LogP contribution in [0, 0.1) is 0 Å². The van der Waals surface area contributed by atoms with Crippen LogP contribution in [0.15, 0.2) is 12.7 Å². The van der Waals surface area contributed by atoms with Gasteiger partial charge in [-0.05, 0) is 20.8 Å². The number of rotatable bonds is 4. The van der Waals surface area contributed by atoms with E-state index in [1.807, 2.05) is 20.8 Å². The van der Waals surface area contributed by atoms with E-state index in [0.29, 0.717) is 13.1 Å². The fourth-order valence-corrected chi connectivity index (χ4v) is 0.771. The SMILES string of the molecule is C=CCN(C)C(=O)CNC(C)(C)C. The molecule has 0 aliphatic heterocycles. The Morgan fingerprint density at radius 2 is 2.08 bits per heavy atom. The first-order valence-electron chi connectivity index (χ1n) is 4.46. The molecule has 0 fully saturated rings. The number of hydrogen-bond acceptors (Lipinski definition) is 2. The van der Waals surface area contributed by atoms with E-state index in [1.165, 1.54) is 0 Å². The summed E-state index contributed by atoms with van der Waals surface area (Å²) in [6.07, 6.45) is 1.72. The van der Waals surface area contributed by atoms with E-state index in [1.54, 1.807) is 18.0 Å². The summed E-state index contributed by atoms with van der Waals surface area (Å²) >= 11 is 0. The summed E-state index contributed by atoms with van der Waals surface area (Å²) in [5.41, 5.74) is -0.00925. The van der Waals surface area contributed by atoms with Crippen molar-refractivity contribution in [2.45, 2.75) is 26.3 Å². The van der Waals surface area contributed by atoms with Gasteiger partial charge in [0, 0.05) is 19.1 Å². The Morgan fingerprint density at radius 3 is 2.46 bits per heavy atom. The van der Waals surface area contributed by atoms with Gasteiger partial charge in [-0.15, -0.1) is 6.58 Å². The molecule has 0 heterocycles. The van der Waals surface area contributed by atoms with Gasteiger partial charge >= 0.3 is 0 Å². The number of carbonyl (C=O) groups excluding carboxylic acids is 1. The van der Waals surface area contributed by atoms with E-state index >= 15 is 0 Å². The van der Waals surface area contributed by atoms with Gasteiger partial charge in [0.1, 0.15) is 0 Å². The van der Waals surface area contributed by atoms with Crippen LogP contribution in [0.5, 0.6) is 0 Å². The van der Waals surface area contributed by atoms with E-state index in [0.717, 1.165) is 0 Å². The Balaban J connectivity index is 3.81. The summed E-state index contributed by atoms with van der Waals surface area (Å²) in [6, 6.07) is 0. The third kappa shape index (κ3) is 6.34. The second-order valence-electron chi connectivity index (χ2n) is 4.17. The molecule has 13 heavy (non-hydrogen) atoms. The lowest BCUT2D eigenvalue weighted by Crippen LogP contribution is -2.43. The van der Waals surface area contributed by atoms with Crippen LogP contribution in [0.4, 0.5) is 0 Å². The normalized spacial score (nSPS) is 11.1. The van der Waals surface area contributed by atoms with Gasteiger partial charge in [-0.25, -0.2) is 0 Å². The maximum absolute atomic E-state index is 11.4. The molecule has 0 saturated heterocycles. The predicted octanol–water partition coefficient (Wildman–Crippen LogP) is 1.02. The van der Waals surface area contributed by atoms with E-state index < -0.39 is 0 Å². The van der Waals surface area contributed by atoms with Gasteiger partial charge in [0.25, 0.3) is 0 Å². The average molecular weight is 184 g/mol. The van der Waals surface area contributed by atoms with Crippen LogP contribution < -0.4 is 5.32 Å². The first kappa shape index (κ1) is 12.2. The molecule has 0 saturated carbocycles. The molecule has 1 N–H and O–H groups in total. The van der Waals surface area contributed by atoms with Crippen molar-refractivity contribution in [3.05, 3.63) is 12.7 Å². The van der Waals surface area contributed by atoms with Crippen LogP contribution in [0.25, 0.3) is 0 Å². The highest BCUT2D eigenvalue weighted by atomic mass is 16.2. The summed E-state index contributed by atoms with van der Waals surface area (Å²) in [5, 5.41) is 3.14. The maximum atomic E-state index is 11.4. The Kier molecular flexibility index (Phi) is 4.70. The molecular formula is C10H20N2O. The molecule has 0 unspecified atom stereocenters. The van der Waals surface area contributed by atoms with Crippen molar-refractivity contribution in [2.24, 2.45) is 0 Å². The van der Waals surface area contributed by atoms with Gasteiger partial charge in [0.2, 0.25) is 5.91 Å². The number of likely N-dealkylation sites (N-methyl/N-ethyl adjacent to an activating group) is 1. The number of carbonyl (C=O) groups is 1. The Bertz CT molecular complexity index is 182. The number of hydrogen-bond donors (Lipinski definition) is 1. The molecule has 0 spiro atoms. The number of nitrogens with one attached hydrogen (secondary N) is 1. The average Bonchev–Trinajstić information content (AvgIpc) is 1.99. The van der Waals surface area contributed by atoms with Gasteiger partial charge in [-0.3, -0.25) is 4.79 Å². The highest BCUT2D eigenvalue weighted by Gasteiger charge is 2.12. The zero-order valence-electron chi connectivity index (χ0n) is 9.05. The van der Waals surface area contributed by atoms with Crippen LogP contribution in [0.3, 0.4) is 0 Å². The van der Waals surface area contributed by atoms with E-state index in [2.05, 4.69) is 11.9 Å². The molecule has 76 valence electrons. The Labute approximate surface area is 80.8 Å².